The molecule has 5 nitrogen and oxygen atoms in total. The molecule has 0 aliphatic heterocycles. The Hall–Kier alpha value is -1.59. The number of amides is 1. The van der Waals surface area contributed by atoms with Crippen LogP contribution in [-0.2, 0) is 4.79 Å². The lowest BCUT2D eigenvalue weighted by Gasteiger charge is -2.10. The summed E-state index contributed by atoms with van der Waals surface area (Å²) in [5, 5.41) is 13.5. The van der Waals surface area contributed by atoms with Crippen molar-refractivity contribution in [3.8, 4) is 5.75 Å². The van der Waals surface area contributed by atoms with Crippen LogP contribution >= 0.6 is 0 Å². The summed E-state index contributed by atoms with van der Waals surface area (Å²) >= 11 is 0. The summed E-state index contributed by atoms with van der Waals surface area (Å²) in [7, 11) is 1.60. The molecule has 1 rings (SSSR count). The SMILES string of the molecule is COc1ccc(NC(=O)C[C@H](C)[NH2+]CCO)cc1. The number of ether oxygens (including phenoxy) is 1. The van der Waals surface area contributed by atoms with Crippen molar-refractivity contribution in [1.29, 1.82) is 0 Å². The standard InChI is InChI=1S/C13H20N2O3/c1-10(14-7-8-16)9-13(17)15-11-3-5-12(18-2)6-4-11/h3-6,10,14,16H,7-9H2,1-2H3,(H,15,17)/p+1/t10-/m0/s1. The van der Waals surface area contributed by atoms with Gasteiger partial charge in [-0.05, 0) is 31.2 Å². The Morgan fingerprint density at radius 2 is 2.11 bits per heavy atom. The highest BCUT2D eigenvalue weighted by atomic mass is 16.5. The van der Waals surface area contributed by atoms with Crippen molar-refractivity contribution in [3.63, 3.8) is 0 Å². The second-order valence-electron chi connectivity index (χ2n) is 4.21. The summed E-state index contributed by atoms with van der Waals surface area (Å²) in [6, 6.07) is 7.38. The fraction of sp³-hybridized carbons (Fsp3) is 0.462. The maximum Gasteiger partial charge on any atom is 0.230 e. The van der Waals surface area contributed by atoms with Crippen LogP contribution in [0.4, 0.5) is 5.69 Å². The molecular formula is C13H21N2O3+. The number of hydrogen-bond donors (Lipinski definition) is 3. The number of anilines is 1. The van der Waals surface area contributed by atoms with Crippen molar-refractivity contribution in [2.24, 2.45) is 0 Å². The fourth-order valence-corrected chi connectivity index (χ4v) is 1.62. The summed E-state index contributed by atoms with van der Waals surface area (Å²) in [5.74, 6) is 0.736. The predicted octanol–water partition coefficient (Wildman–Crippen LogP) is -0.0320. The Morgan fingerprint density at radius 3 is 2.67 bits per heavy atom. The molecule has 5 heteroatoms. The highest BCUT2D eigenvalue weighted by molar-refractivity contribution is 5.90. The molecule has 0 radical (unpaired) electrons. The van der Waals surface area contributed by atoms with Crippen LogP contribution in [0, 0.1) is 0 Å². The first-order chi connectivity index (χ1) is 8.65. The van der Waals surface area contributed by atoms with Gasteiger partial charge in [-0.1, -0.05) is 0 Å². The van der Waals surface area contributed by atoms with Crippen molar-refractivity contribution >= 4 is 11.6 Å². The van der Waals surface area contributed by atoms with Crippen LogP contribution in [0.2, 0.25) is 0 Å². The molecule has 100 valence electrons. The summed E-state index contributed by atoms with van der Waals surface area (Å²) in [6.45, 7) is 2.71. The third-order valence-electron chi connectivity index (χ3n) is 2.58. The molecule has 1 aromatic rings. The monoisotopic (exact) mass is 253 g/mol. The second-order valence-corrected chi connectivity index (χ2v) is 4.21. The zero-order valence-corrected chi connectivity index (χ0v) is 10.8. The summed E-state index contributed by atoms with van der Waals surface area (Å²) in [6.07, 6.45) is 0.423. The smallest absolute Gasteiger partial charge is 0.230 e. The Morgan fingerprint density at radius 1 is 1.44 bits per heavy atom. The molecule has 0 fully saturated rings. The minimum Gasteiger partial charge on any atom is -0.497 e. The third-order valence-corrected chi connectivity index (χ3v) is 2.58. The largest absolute Gasteiger partial charge is 0.497 e. The molecule has 0 saturated heterocycles. The second kappa shape index (κ2) is 7.68. The number of carbonyl (C=O) groups is 1. The van der Waals surface area contributed by atoms with Gasteiger partial charge in [-0.2, -0.15) is 0 Å². The normalized spacial score (nSPS) is 11.9. The molecule has 4 N–H and O–H groups in total. The van der Waals surface area contributed by atoms with E-state index < -0.39 is 0 Å². The molecule has 0 bridgehead atoms. The molecule has 0 saturated carbocycles. The van der Waals surface area contributed by atoms with E-state index in [4.69, 9.17) is 9.84 Å². The Balaban J connectivity index is 2.39. The number of methoxy groups -OCH3 is 1. The van der Waals surface area contributed by atoms with Crippen LogP contribution in [0.3, 0.4) is 0 Å². The van der Waals surface area contributed by atoms with E-state index in [1.807, 2.05) is 12.2 Å². The van der Waals surface area contributed by atoms with Gasteiger partial charge in [0.2, 0.25) is 5.91 Å². The molecular weight excluding hydrogens is 232 g/mol. The number of aliphatic hydroxyl groups excluding tert-OH is 1. The lowest BCUT2D eigenvalue weighted by molar-refractivity contribution is -0.686. The third kappa shape index (κ3) is 5.16. The van der Waals surface area contributed by atoms with E-state index in [9.17, 15) is 4.79 Å². The molecule has 0 heterocycles. The molecule has 0 spiro atoms. The zero-order chi connectivity index (χ0) is 13.4. The number of nitrogens with two attached hydrogens (primary N) is 1. The first-order valence-corrected chi connectivity index (χ1v) is 6.03. The number of aliphatic hydroxyl groups is 1. The van der Waals surface area contributed by atoms with E-state index in [1.54, 1.807) is 31.4 Å². The van der Waals surface area contributed by atoms with E-state index in [0.29, 0.717) is 13.0 Å². The number of benzene rings is 1. The number of rotatable bonds is 7. The first kappa shape index (κ1) is 14.5. The number of quaternary nitrogens is 1. The van der Waals surface area contributed by atoms with E-state index in [1.165, 1.54) is 0 Å². The Bertz CT molecular complexity index is 365. The van der Waals surface area contributed by atoms with Gasteiger partial charge in [0, 0.05) is 5.69 Å². The van der Waals surface area contributed by atoms with E-state index in [-0.39, 0.29) is 18.6 Å². The summed E-state index contributed by atoms with van der Waals surface area (Å²) in [5.41, 5.74) is 0.759. The van der Waals surface area contributed by atoms with Crippen LogP contribution in [0.15, 0.2) is 24.3 Å². The van der Waals surface area contributed by atoms with Crippen molar-refractivity contribution in [1.82, 2.24) is 0 Å². The van der Waals surface area contributed by atoms with Crippen molar-refractivity contribution in [2.75, 3.05) is 25.6 Å². The predicted molar refractivity (Wildman–Crippen MR) is 69.6 cm³/mol. The van der Waals surface area contributed by atoms with E-state index >= 15 is 0 Å². The molecule has 0 aliphatic carbocycles. The minimum atomic E-state index is -0.0261. The average Bonchev–Trinajstić information content (AvgIpc) is 2.37. The van der Waals surface area contributed by atoms with Gasteiger partial charge in [-0.15, -0.1) is 0 Å². The zero-order valence-electron chi connectivity index (χ0n) is 10.8. The fourth-order valence-electron chi connectivity index (χ4n) is 1.62. The number of hydrogen-bond acceptors (Lipinski definition) is 3. The lowest BCUT2D eigenvalue weighted by Crippen LogP contribution is -2.90. The molecule has 1 atom stereocenters. The van der Waals surface area contributed by atoms with E-state index in [2.05, 4.69) is 5.32 Å². The van der Waals surface area contributed by atoms with Gasteiger partial charge in [0.1, 0.15) is 5.75 Å². The molecule has 1 amide bonds. The molecule has 1 aromatic carbocycles. The van der Waals surface area contributed by atoms with Crippen LogP contribution in [-0.4, -0.2) is 37.3 Å². The van der Waals surface area contributed by atoms with Gasteiger partial charge in [0.05, 0.1) is 32.7 Å². The van der Waals surface area contributed by atoms with Gasteiger partial charge < -0.3 is 20.5 Å². The molecule has 0 aliphatic rings. The maximum absolute atomic E-state index is 11.7. The van der Waals surface area contributed by atoms with Gasteiger partial charge >= 0.3 is 0 Å². The maximum atomic E-state index is 11.7. The summed E-state index contributed by atoms with van der Waals surface area (Å²) in [4.78, 5) is 11.7. The number of nitrogens with one attached hydrogen (secondary N) is 1. The number of carbonyl (C=O) groups excluding carboxylic acids is 1. The van der Waals surface area contributed by atoms with Gasteiger partial charge in [0.15, 0.2) is 0 Å². The van der Waals surface area contributed by atoms with Crippen molar-refractivity contribution < 1.29 is 20.0 Å². The highest BCUT2D eigenvalue weighted by Gasteiger charge is 2.11. The van der Waals surface area contributed by atoms with Crippen LogP contribution in [0.5, 0.6) is 5.75 Å². The molecule has 0 unspecified atom stereocenters. The minimum absolute atomic E-state index is 0.0261. The Kier molecular flexibility index (Phi) is 6.18. The van der Waals surface area contributed by atoms with E-state index in [0.717, 1.165) is 11.4 Å². The highest BCUT2D eigenvalue weighted by Crippen LogP contribution is 2.15. The van der Waals surface area contributed by atoms with Gasteiger partial charge in [-0.3, -0.25) is 4.79 Å². The lowest BCUT2D eigenvalue weighted by atomic mass is 10.2. The summed E-state index contributed by atoms with van der Waals surface area (Å²) < 4.78 is 5.04. The van der Waals surface area contributed by atoms with Gasteiger partial charge in [-0.25, -0.2) is 0 Å². The van der Waals surface area contributed by atoms with Crippen molar-refractivity contribution in [2.45, 2.75) is 19.4 Å². The van der Waals surface area contributed by atoms with Crippen LogP contribution in [0.1, 0.15) is 13.3 Å². The van der Waals surface area contributed by atoms with Crippen molar-refractivity contribution in [3.05, 3.63) is 24.3 Å². The average molecular weight is 253 g/mol. The first-order valence-electron chi connectivity index (χ1n) is 6.03. The van der Waals surface area contributed by atoms with Crippen LogP contribution in [0.25, 0.3) is 0 Å². The topological polar surface area (TPSA) is 75.2 Å². The quantitative estimate of drug-likeness (QED) is 0.638. The molecule has 18 heavy (non-hydrogen) atoms. The molecule has 0 aromatic heterocycles. The van der Waals surface area contributed by atoms with Crippen LogP contribution < -0.4 is 15.4 Å². The Labute approximate surface area is 107 Å². The van der Waals surface area contributed by atoms with Gasteiger partial charge in [0.25, 0.3) is 0 Å².